The van der Waals surface area contributed by atoms with Crippen LogP contribution in [0.3, 0.4) is 0 Å². The molecular formula is C20H21N3O. The van der Waals surface area contributed by atoms with Gasteiger partial charge in [0.2, 0.25) is 5.91 Å². The minimum atomic E-state index is 0.157. The Hall–Kier alpha value is -2.62. The van der Waals surface area contributed by atoms with Crippen LogP contribution in [0.5, 0.6) is 0 Å². The number of pyridine rings is 1. The van der Waals surface area contributed by atoms with Crippen LogP contribution >= 0.6 is 0 Å². The fraction of sp³-hybridized carbons (Fsp3) is 0.300. The first-order valence-corrected chi connectivity index (χ1v) is 8.60. The zero-order valence-corrected chi connectivity index (χ0v) is 13.6. The van der Waals surface area contributed by atoms with Crippen molar-refractivity contribution in [1.29, 1.82) is 0 Å². The van der Waals surface area contributed by atoms with E-state index in [1.54, 1.807) is 0 Å². The molecule has 0 unspecified atom stereocenters. The van der Waals surface area contributed by atoms with Crippen LogP contribution in [0.1, 0.15) is 31.4 Å². The number of carbonyl (C=O) groups excluding carboxylic acids is 1. The molecule has 2 aromatic heterocycles. The monoisotopic (exact) mass is 319 g/mol. The van der Waals surface area contributed by atoms with E-state index in [1.807, 2.05) is 65.8 Å². The first-order chi connectivity index (χ1) is 11.8. The molecular weight excluding hydrogens is 298 g/mol. The number of hydrogen-bond donors (Lipinski definition) is 0. The lowest BCUT2D eigenvalue weighted by atomic mass is 10.1. The van der Waals surface area contributed by atoms with Gasteiger partial charge < -0.3 is 9.30 Å². The van der Waals surface area contributed by atoms with E-state index < -0.39 is 0 Å². The van der Waals surface area contributed by atoms with Crippen molar-refractivity contribution in [2.24, 2.45) is 5.92 Å². The average Bonchev–Trinajstić information content (AvgIpc) is 3.30. The Morgan fingerprint density at radius 2 is 1.83 bits per heavy atom. The topological polar surface area (TPSA) is 37.6 Å². The van der Waals surface area contributed by atoms with Gasteiger partial charge in [-0.1, -0.05) is 37.1 Å². The van der Waals surface area contributed by atoms with Gasteiger partial charge in [0.1, 0.15) is 5.65 Å². The maximum Gasteiger partial charge on any atom is 0.230 e. The summed E-state index contributed by atoms with van der Waals surface area (Å²) in [6.07, 6.45) is 8.21. The van der Waals surface area contributed by atoms with Crippen LogP contribution in [0, 0.1) is 5.92 Å². The standard InChI is InChI=1S/C20H21N3O/c24-20(16-8-4-5-9-16)23(17-10-2-1-3-11-17)15-18-14-21-19-12-6-7-13-22(18)19/h1-3,6-7,10-14,16H,4-5,8-9,15H2. The van der Waals surface area contributed by atoms with E-state index in [1.165, 1.54) is 0 Å². The third-order valence-corrected chi connectivity index (χ3v) is 4.85. The molecule has 0 N–H and O–H groups in total. The highest BCUT2D eigenvalue weighted by atomic mass is 16.2. The number of benzene rings is 1. The summed E-state index contributed by atoms with van der Waals surface area (Å²) < 4.78 is 2.05. The molecule has 3 aromatic rings. The number of aromatic nitrogens is 2. The predicted octanol–water partition coefficient (Wildman–Crippen LogP) is 4.06. The number of rotatable bonds is 4. The van der Waals surface area contributed by atoms with Crippen molar-refractivity contribution >= 4 is 17.2 Å². The van der Waals surface area contributed by atoms with Crippen molar-refractivity contribution in [3.05, 3.63) is 66.6 Å². The molecule has 4 nitrogen and oxygen atoms in total. The summed E-state index contributed by atoms with van der Waals surface area (Å²) in [5, 5.41) is 0. The second-order valence-corrected chi connectivity index (χ2v) is 6.42. The average molecular weight is 319 g/mol. The molecule has 1 saturated carbocycles. The highest BCUT2D eigenvalue weighted by Crippen LogP contribution is 2.29. The maximum atomic E-state index is 13.1. The lowest BCUT2D eigenvalue weighted by molar-refractivity contribution is -0.122. The van der Waals surface area contributed by atoms with Crippen LogP contribution in [-0.2, 0) is 11.3 Å². The van der Waals surface area contributed by atoms with Crippen LogP contribution in [0.4, 0.5) is 5.69 Å². The molecule has 4 heteroatoms. The van der Waals surface area contributed by atoms with Crippen molar-refractivity contribution < 1.29 is 4.79 Å². The van der Waals surface area contributed by atoms with Gasteiger partial charge >= 0.3 is 0 Å². The molecule has 2 heterocycles. The molecule has 1 aromatic carbocycles. The van der Waals surface area contributed by atoms with Crippen LogP contribution < -0.4 is 4.90 Å². The number of anilines is 1. The minimum Gasteiger partial charge on any atom is -0.306 e. The van der Waals surface area contributed by atoms with Crippen LogP contribution in [0.25, 0.3) is 5.65 Å². The van der Waals surface area contributed by atoms with Gasteiger partial charge in [0.05, 0.1) is 18.4 Å². The fourth-order valence-corrected chi connectivity index (χ4v) is 3.56. The number of imidazole rings is 1. The summed E-state index contributed by atoms with van der Waals surface area (Å²) in [7, 11) is 0. The third-order valence-electron chi connectivity index (χ3n) is 4.85. The third kappa shape index (κ3) is 2.80. The molecule has 0 atom stereocenters. The molecule has 0 spiro atoms. The van der Waals surface area contributed by atoms with Gasteiger partial charge in [-0.15, -0.1) is 0 Å². The molecule has 0 saturated heterocycles. The Balaban J connectivity index is 1.68. The van der Waals surface area contributed by atoms with E-state index >= 15 is 0 Å². The molecule has 1 amide bonds. The van der Waals surface area contributed by atoms with Crippen LogP contribution in [0.15, 0.2) is 60.9 Å². The second-order valence-electron chi connectivity index (χ2n) is 6.42. The highest BCUT2D eigenvalue weighted by molar-refractivity contribution is 5.95. The van der Waals surface area contributed by atoms with E-state index in [0.717, 1.165) is 42.7 Å². The molecule has 0 radical (unpaired) electrons. The Bertz CT molecular complexity index is 834. The summed E-state index contributed by atoms with van der Waals surface area (Å²) in [5.41, 5.74) is 2.90. The molecule has 1 fully saturated rings. The summed E-state index contributed by atoms with van der Waals surface area (Å²) in [4.78, 5) is 19.5. The van der Waals surface area contributed by atoms with E-state index in [9.17, 15) is 4.79 Å². The zero-order chi connectivity index (χ0) is 16.4. The first kappa shape index (κ1) is 14.9. The van der Waals surface area contributed by atoms with Gasteiger partial charge in [-0.25, -0.2) is 4.98 Å². The van der Waals surface area contributed by atoms with Gasteiger partial charge in [-0.3, -0.25) is 4.79 Å². The number of fused-ring (bicyclic) bond motifs is 1. The van der Waals surface area contributed by atoms with Crippen molar-refractivity contribution in [1.82, 2.24) is 9.38 Å². The number of amides is 1. The number of para-hydroxylation sites is 1. The predicted molar refractivity (Wildman–Crippen MR) is 94.8 cm³/mol. The number of nitrogens with zero attached hydrogens (tertiary/aromatic N) is 3. The Kier molecular flexibility index (Phi) is 4.03. The molecule has 0 bridgehead atoms. The molecule has 0 aliphatic heterocycles. The van der Waals surface area contributed by atoms with Crippen LogP contribution in [-0.4, -0.2) is 15.3 Å². The van der Waals surface area contributed by atoms with Gasteiger partial charge in [-0.05, 0) is 37.1 Å². The maximum absolute atomic E-state index is 13.1. The van der Waals surface area contributed by atoms with E-state index in [-0.39, 0.29) is 11.8 Å². The second kappa shape index (κ2) is 6.48. The van der Waals surface area contributed by atoms with Crippen molar-refractivity contribution in [3.63, 3.8) is 0 Å². The smallest absolute Gasteiger partial charge is 0.230 e. The van der Waals surface area contributed by atoms with E-state index in [2.05, 4.69) is 9.38 Å². The van der Waals surface area contributed by atoms with Crippen molar-refractivity contribution in [3.8, 4) is 0 Å². The number of hydrogen-bond acceptors (Lipinski definition) is 2. The Morgan fingerprint density at radius 1 is 1.08 bits per heavy atom. The molecule has 1 aliphatic carbocycles. The highest BCUT2D eigenvalue weighted by Gasteiger charge is 2.28. The quantitative estimate of drug-likeness (QED) is 0.727. The van der Waals surface area contributed by atoms with E-state index in [0.29, 0.717) is 6.54 Å². The van der Waals surface area contributed by atoms with E-state index in [4.69, 9.17) is 0 Å². The lowest BCUT2D eigenvalue weighted by Gasteiger charge is -2.25. The minimum absolute atomic E-state index is 0.157. The van der Waals surface area contributed by atoms with Gasteiger partial charge in [0.15, 0.2) is 0 Å². The molecule has 24 heavy (non-hydrogen) atoms. The van der Waals surface area contributed by atoms with Crippen molar-refractivity contribution in [2.75, 3.05) is 4.90 Å². The van der Waals surface area contributed by atoms with Crippen LogP contribution in [0.2, 0.25) is 0 Å². The summed E-state index contributed by atoms with van der Waals surface area (Å²) in [6, 6.07) is 15.9. The molecule has 1 aliphatic rings. The summed E-state index contributed by atoms with van der Waals surface area (Å²) in [6.45, 7) is 0.546. The molecule has 122 valence electrons. The normalized spacial score (nSPS) is 15.0. The Labute approximate surface area is 141 Å². The molecule has 4 rings (SSSR count). The zero-order valence-electron chi connectivity index (χ0n) is 13.6. The lowest BCUT2D eigenvalue weighted by Crippen LogP contribution is -2.35. The van der Waals surface area contributed by atoms with Gasteiger partial charge in [-0.2, -0.15) is 0 Å². The first-order valence-electron chi connectivity index (χ1n) is 8.60. The Morgan fingerprint density at radius 3 is 2.62 bits per heavy atom. The number of carbonyl (C=O) groups is 1. The van der Waals surface area contributed by atoms with Crippen molar-refractivity contribution in [2.45, 2.75) is 32.2 Å². The van der Waals surface area contributed by atoms with Gasteiger partial charge in [0, 0.05) is 17.8 Å². The largest absolute Gasteiger partial charge is 0.306 e. The SMILES string of the molecule is O=C(C1CCCC1)N(Cc1cnc2ccccn12)c1ccccc1. The summed E-state index contributed by atoms with van der Waals surface area (Å²) >= 11 is 0. The fourth-order valence-electron chi connectivity index (χ4n) is 3.56. The van der Waals surface area contributed by atoms with Gasteiger partial charge in [0.25, 0.3) is 0 Å². The summed E-state index contributed by atoms with van der Waals surface area (Å²) in [5.74, 6) is 0.397.